The number of esters is 1. The number of carbonyl (C=O) groups excluding carboxylic acids is 2. The Labute approximate surface area is 99.5 Å². The fourth-order valence-corrected chi connectivity index (χ4v) is 1.92. The zero-order valence-corrected chi connectivity index (χ0v) is 9.69. The van der Waals surface area contributed by atoms with Crippen molar-refractivity contribution in [1.82, 2.24) is 0 Å². The second-order valence-electron chi connectivity index (χ2n) is 3.80. The molecule has 0 aliphatic carbocycles. The van der Waals surface area contributed by atoms with Crippen molar-refractivity contribution in [2.75, 3.05) is 13.2 Å². The van der Waals surface area contributed by atoms with Gasteiger partial charge in [0.2, 0.25) is 0 Å². The van der Waals surface area contributed by atoms with Gasteiger partial charge >= 0.3 is 5.97 Å². The Hall–Kier alpha value is -1.68. The number of rotatable bonds is 3. The summed E-state index contributed by atoms with van der Waals surface area (Å²) in [7, 11) is 0. The van der Waals surface area contributed by atoms with E-state index in [-0.39, 0.29) is 6.61 Å². The summed E-state index contributed by atoms with van der Waals surface area (Å²) >= 11 is 0. The minimum atomic E-state index is -0.800. The topological polar surface area (TPSA) is 52.6 Å². The van der Waals surface area contributed by atoms with E-state index in [1.54, 1.807) is 19.1 Å². The molecule has 0 saturated heterocycles. The molecule has 0 unspecified atom stereocenters. The SMILES string of the molecule is CCOC(=O)C(=O)c1cccc2c1COCC2. The number of hydrogen-bond donors (Lipinski definition) is 0. The predicted molar refractivity (Wildman–Crippen MR) is 60.8 cm³/mol. The second kappa shape index (κ2) is 5.10. The molecule has 1 aromatic rings. The van der Waals surface area contributed by atoms with Gasteiger partial charge in [-0.25, -0.2) is 4.79 Å². The molecule has 2 rings (SSSR count). The highest BCUT2D eigenvalue weighted by Crippen LogP contribution is 2.21. The van der Waals surface area contributed by atoms with Crippen molar-refractivity contribution in [1.29, 1.82) is 0 Å². The molecule has 0 aromatic heterocycles. The molecule has 1 aliphatic rings. The summed E-state index contributed by atoms with van der Waals surface area (Å²) in [4.78, 5) is 23.3. The van der Waals surface area contributed by atoms with E-state index in [1.165, 1.54) is 0 Å². The molecular formula is C13H14O4. The Balaban J connectivity index is 2.32. The third kappa shape index (κ3) is 2.36. The van der Waals surface area contributed by atoms with Crippen LogP contribution in [0.1, 0.15) is 28.4 Å². The van der Waals surface area contributed by atoms with Crippen LogP contribution in [0.2, 0.25) is 0 Å². The van der Waals surface area contributed by atoms with Gasteiger partial charge in [0, 0.05) is 5.56 Å². The molecule has 90 valence electrons. The van der Waals surface area contributed by atoms with Crippen molar-refractivity contribution in [3.05, 3.63) is 34.9 Å². The Bertz CT molecular complexity index is 451. The van der Waals surface area contributed by atoms with E-state index < -0.39 is 11.8 Å². The van der Waals surface area contributed by atoms with Crippen molar-refractivity contribution >= 4 is 11.8 Å². The first-order chi connectivity index (χ1) is 8.24. The van der Waals surface area contributed by atoms with E-state index >= 15 is 0 Å². The van der Waals surface area contributed by atoms with Gasteiger partial charge in [-0.1, -0.05) is 18.2 Å². The molecule has 0 bridgehead atoms. The lowest BCUT2D eigenvalue weighted by atomic mass is 9.95. The molecule has 4 heteroatoms. The number of Topliss-reactive ketones (excluding diaryl/α,β-unsaturated/α-hetero) is 1. The van der Waals surface area contributed by atoms with E-state index in [0.29, 0.717) is 18.8 Å². The molecule has 4 nitrogen and oxygen atoms in total. The molecule has 1 aromatic carbocycles. The largest absolute Gasteiger partial charge is 0.460 e. The first-order valence-electron chi connectivity index (χ1n) is 5.64. The summed E-state index contributed by atoms with van der Waals surface area (Å²) in [5, 5.41) is 0. The number of hydrogen-bond acceptors (Lipinski definition) is 4. The highest BCUT2D eigenvalue weighted by molar-refractivity contribution is 6.41. The van der Waals surface area contributed by atoms with Gasteiger partial charge in [0.25, 0.3) is 5.78 Å². The van der Waals surface area contributed by atoms with Crippen molar-refractivity contribution in [3.8, 4) is 0 Å². The van der Waals surface area contributed by atoms with Crippen LogP contribution in [0.4, 0.5) is 0 Å². The summed E-state index contributed by atoms with van der Waals surface area (Å²) in [5.41, 5.74) is 2.30. The van der Waals surface area contributed by atoms with Crippen molar-refractivity contribution in [2.24, 2.45) is 0 Å². The van der Waals surface area contributed by atoms with Crippen LogP contribution in [0, 0.1) is 0 Å². The number of ketones is 1. The summed E-state index contributed by atoms with van der Waals surface area (Å²) in [6.07, 6.45) is 0.777. The lowest BCUT2D eigenvalue weighted by molar-refractivity contribution is -0.137. The molecule has 0 N–H and O–H groups in total. The first-order valence-corrected chi connectivity index (χ1v) is 5.64. The number of fused-ring (bicyclic) bond motifs is 1. The number of carbonyl (C=O) groups is 2. The zero-order chi connectivity index (χ0) is 12.3. The molecule has 0 spiro atoms. The second-order valence-corrected chi connectivity index (χ2v) is 3.80. The maximum Gasteiger partial charge on any atom is 0.379 e. The fourth-order valence-electron chi connectivity index (χ4n) is 1.92. The Kier molecular flexibility index (Phi) is 3.54. The fraction of sp³-hybridized carbons (Fsp3) is 0.385. The molecule has 0 amide bonds. The van der Waals surface area contributed by atoms with Crippen molar-refractivity contribution < 1.29 is 19.1 Å². The lowest BCUT2D eigenvalue weighted by Gasteiger charge is -2.18. The van der Waals surface area contributed by atoms with Gasteiger partial charge < -0.3 is 9.47 Å². The van der Waals surface area contributed by atoms with Gasteiger partial charge in [-0.3, -0.25) is 4.79 Å². The van der Waals surface area contributed by atoms with Gasteiger partial charge in [-0.15, -0.1) is 0 Å². The predicted octanol–water partition coefficient (Wildman–Crippen LogP) is 1.51. The third-order valence-corrected chi connectivity index (χ3v) is 2.74. The van der Waals surface area contributed by atoms with Gasteiger partial charge in [0.05, 0.1) is 19.8 Å². The lowest BCUT2D eigenvalue weighted by Crippen LogP contribution is -2.21. The van der Waals surface area contributed by atoms with Gasteiger partial charge in [0.15, 0.2) is 0 Å². The van der Waals surface area contributed by atoms with Crippen LogP contribution < -0.4 is 0 Å². The summed E-state index contributed by atoms with van der Waals surface area (Å²) in [6, 6.07) is 5.39. The van der Waals surface area contributed by atoms with E-state index in [2.05, 4.69) is 0 Å². The molecular weight excluding hydrogens is 220 g/mol. The van der Waals surface area contributed by atoms with Crippen LogP contribution in [0.25, 0.3) is 0 Å². The molecule has 0 fully saturated rings. The molecule has 0 radical (unpaired) electrons. The minimum absolute atomic E-state index is 0.204. The average Bonchev–Trinajstić information content (AvgIpc) is 2.37. The van der Waals surface area contributed by atoms with Gasteiger partial charge in [-0.2, -0.15) is 0 Å². The monoisotopic (exact) mass is 234 g/mol. The Morgan fingerprint density at radius 3 is 3.00 bits per heavy atom. The van der Waals surface area contributed by atoms with E-state index in [1.807, 2.05) is 6.07 Å². The smallest absolute Gasteiger partial charge is 0.379 e. The van der Waals surface area contributed by atoms with Gasteiger partial charge in [-0.05, 0) is 24.5 Å². The van der Waals surface area contributed by atoms with Crippen LogP contribution in [-0.2, 0) is 27.3 Å². The van der Waals surface area contributed by atoms with E-state index in [0.717, 1.165) is 17.5 Å². The highest BCUT2D eigenvalue weighted by atomic mass is 16.5. The zero-order valence-electron chi connectivity index (χ0n) is 9.69. The third-order valence-electron chi connectivity index (χ3n) is 2.74. The quantitative estimate of drug-likeness (QED) is 0.452. The number of benzene rings is 1. The normalized spacial score (nSPS) is 13.9. The number of ether oxygens (including phenoxy) is 2. The first kappa shape index (κ1) is 11.8. The average molecular weight is 234 g/mol. The van der Waals surface area contributed by atoms with Gasteiger partial charge in [0.1, 0.15) is 0 Å². The van der Waals surface area contributed by atoms with Crippen LogP contribution >= 0.6 is 0 Å². The summed E-state index contributed by atoms with van der Waals surface area (Å²) in [6.45, 7) is 2.92. The van der Waals surface area contributed by atoms with Crippen molar-refractivity contribution in [2.45, 2.75) is 20.0 Å². The summed E-state index contributed by atoms with van der Waals surface area (Å²) in [5.74, 6) is -1.39. The Morgan fingerprint density at radius 2 is 2.24 bits per heavy atom. The van der Waals surface area contributed by atoms with Crippen LogP contribution in [-0.4, -0.2) is 25.0 Å². The standard InChI is InChI=1S/C13H14O4/c1-2-17-13(15)12(14)10-5-3-4-9-6-7-16-8-11(9)10/h3-5H,2,6-8H2,1H3. The van der Waals surface area contributed by atoms with Crippen molar-refractivity contribution in [3.63, 3.8) is 0 Å². The molecule has 1 heterocycles. The van der Waals surface area contributed by atoms with E-state index in [4.69, 9.17) is 9.47 Å². The maximum absolute atomic E-state index is 11.9. The van der Waals surface area contributed by atoms with E-state index in [9.17, 15) is 9.59 Å². The molecule has 0 saturated carbocycles. The molecule has 1 aliphatic heterocycles. The molecule has 17 heavy (non-hydrogen) atoms. The van der Waals surface area contributed by atoms with Crippen LogP contribution in [0.3, 0.4) is 0 Å². The molecule has 0 atom stereocenters. The van der Waals surface area contributed by atoms with Crippen LogP contribution in [0.15, 0.2) is 18.2 Å². The summed E-state index contributed by atoms with van der Waals surface area (Å²) < 4.78 is 10.0. The van der Waals surface area contributed by atoms with Crippen LogP contribution in [0.5, 0.6) is 0 Å². The Morgan fingerprint density at radius 1 is 1.41 bits per heavy atom. The maximum atomic E-state index is 11.9. The highest BCUT2D eigenvalue weighted by Gasteiger charge is 2.23. The minimum Gasteiger partial charge on any atom is -0.460 e.